The van der Waals surface area contributed by atoms with Crippen molar-refractivity contribution in [3.8, 4) is 0 Å². The highest BCUT2D eigenvalue weighted by Gasteiger charge is 2.58. The van der Waals surface area contributed by atoms with E-state index in [0.717, 1.165) is 47.3 Å². The summed E-state index contributed by atoms with van der Waals surface area (Å²) in [4.78, 5) is 14.0. The number of anilines is 2. The quantitative estimate of drug-likeness (QED) is 0.810. The zero-order valence-electron chi connectivity index (χ0n) is 10.9. The lowest BCUT2D eigenvalue weighted by Crippen LogP contribution is -2.27. The predicted molar refractivity (Wildman–Crippen MR) is 74.5 cm³/mol. The number of allylic oxidation sites excluding steroid dienone is 1. The molecule has 0 saturated heterocycles. The van der Waals surface area contributed by atoms with Gasteiger partial charge in [0.1, 0.15) is 0 Å². The van der Waals surface area contributed by atoms with Gasteiger partial charge >= 0.3 is 0 Å². The number of nitrogens with zero attached hydrogens (tertiary/aromatic N) is 1. The van der Waals surface area contributed by atoms with E-state index in [9.17, 15) is 4.79 Å². The van der Waals surface area contributed by atoms with Gasteiger partial charge < -0.3 is 10.6 Å². The maximum atomic E-state index is 12.3. The first kappa shape index (κ1) is 11.3. The summed E-state index contributed by atoms with van der Waals surface area (Å²) in [5.74, 6) is 0.219. The van der Waals surface area contributed by atoms with Gasteiger partial charge in [-0.3, -0.25) is 4.79 Å². The van der Waals surface area contributed by atoms with E-state index in [1.807, 2.05) is 13.1 Å². The minimum atomic E-state index is -0.236. The summed E-state index contributed by atoms with van der Waals surface area (Å²) >= 11 is 0. The Morgan fingerprint density at radius 2 is 2.17 bits per heavy atom. The summed E-state index contributed by atoms with van der Waals surface area (Å²) in [6.07, 6.45) is 2.80. The zero-order chi connectivity index (χ0) is 13.1. The molecule has 94 valence electrons. The molecule has 1 aliphatic heterocycles. The Morgan fingerprint density at radius 1 is 1.50 bits per heavy atom. The van der Waals surface area contributed by atoms with Gasteiger partial charge in [0.2, 0.25) is 5.91 Å². The molecule has 1 fully saturated rings. The van der Waals surface area contributed by atoms with Crippen molar-refractivity contribution in [2.24, 2.45) is 0 Å². The highest BCUT2D eigenvalue weighted by Crippen LogP contribution is 2.57. The maximum Gasteiger partial charge on any atom is 0.237 e. The number of hydrogen-bond acceptors (Lipinski definition) is 2. The van der Waals surface area contributed by atoms with Crippen molar-refractivity contribution in [2.45, 2.75) is 31.6 Å². The van der Waals surface area contributed by atoms with Gasteiger partial charge in [0.05, 0.1) is 5.41 Å². The van der Waals surface area contributed by atoms with Crippen LogP contribution < -0.4 is 10.6 Å². The van der Waals surface area contributed by atoms with Crippen LogP contribution in [-0.2, 0) is 10.2 Å². The van der Waals surface area contributed by atoms with Crippen molar-refractivity contribution in [2.75, 3.05) is 17.7 Å². The van der Waals surface area contributed by atoms with Gasteiger partial charge in [-0.05, 0) is 42.5 Å². The Balaban J connectivity index is 2.20. The third kappa shape index (κ3) is 1.22. The summed E-state index contributed by atoms with van der Waals surface area (Å²) in [7, 11) is 1.84. The molecule has 2 N–H and O–H groups in total. The molecule has 2 aliphatic rings. The van der Waals surface area contributed by atoms with Gasteiger partial charge in [-0.15, -0.1) is 0 Å². The monoisotopic (exact) mass is 242 g/mol. The number of likely N-dealkylation sites (N-methyl/N-ethyl adjacent to an activating group) is 1. The number of amides is 1. The topological polar surface area (TPSA) is 46.3 Å². The fourth-order valence-electron chi connectivity index (χ4n) is 2.92. The number of carbonyl (C=O) groups excluding carboxylic acids is 1. The number of hydrogen-bond donors (Lipinski definition) is 1. The lowest BCUT2D eigenvalue weighted by molar-refractivity contribution is -0.119. The van der Waals surface area contributed by atoms with Crippen LogP contribution in [0.15, 0.2) is 18.7 Å². The second kappa shape index (κ2) is 3.37. The number of rotatable bonds is 2. The van der Waals surface area contributed by atoms with Crippen LogP contribution in [0.5, 0.6) is 0 Å². The van der Waals surface area contributed by atoms with Gasteiger partial charge in [0.15, 0.2) is 0 Å². The van der Waals surface area contributed by atoms with Crippen LogP contribution in [0.25, 0.3) is 5.57 Å². The smallest absolute Gasteiger partial charge is 0.237 e. The van der Waals surface area contributed by atoms with Crippen molar-refractivity contribution in [3.05, 3.63) is 29.8 Å². The fourth-order valence-corrected chi connectivity index (χ4v) is 2.92. The molecule has 3 rings (SSSR count). The standard InChI is InChI=1S/C15H18N2O/c1-4-9(2)10-7-11-13(8-12(10)16)17(3)14(18)15(11)5-6-15/h7-8H,2,4-6,16H2,1,3H3. The van der Waals surface area contributed by atoms with Crippen LogP contribution in [0.1, 0.15) is 37.3 Å². The zero-order valence-corrected chi connectivity index (χ0v) is 10.9. The number of fused-ring (bicyclic) bond motifs is 2. The van der Waals surface area contributed by atoms with Gasteiger partial charge in [-0.25, -0.2) is 0 Å². The third-order valence-electron chi connectivity index (χ3n) is 4.32. The number of nitrogen functional groups attached to an aromatic ring is 1. The van der Waals surface area contributed by atoms with Crippen LogP contribution >= 0.6 is 0 Å². The molecule has 18 heavy (non-hydrogen) atoms. The Kier molecular flexibility index (Phi) is 2.12. The van der Waals surface area contributed by atoms with Crippen molar-refractivity contribution in [1.29, 1.82) is 0 Å². The van der Waals surface area contributed by atoms with E-state index in [-0.39, 0.29) is 11.3 Å². The van der Waals surface area contributed by atoms with Crippen LogP contribution in [0.2, 0.25) is 0 Å². The molecule has 1 saturated carbocycles. The van der Waals surface area contributed by atoms with Crippen LogP contribution in [-0.4, -0.2) is 13.0 Å². The minimum Gasteiger partial charge on any atom is -0.398 e. The fraction of sp³-hybridized carbons (Fsp3) is 0.400. The highest BCUT2D eigenvalue weighted by molar-refractivity contribution is 6.10. The van der Waals surface area contributed by atoms with E-state index in [0.29, 0.717) is 0 Å². The first-order valence-corrected chi connectivity index (χ1v) is 6.41. The summed E-state index contributed by atoms with van der Waals surface area (Å²) in [6, 6.07) is 4.02. The largest absolute Gasteiger partial charge is 0.398 e. The van der Waals surface area contributed by atoms with E-state index in [1.165, 1.54) is 0 Å². The molecule has 1 aromatic rings. The maximum absolute atomic E-state index is 12.3. The molecule has 1 amide bonds. The Bertz CT molecular complexity index is 570. The van der Waals surface area contributed by atoms with Gasteiger partial charge in [0.25, 0.3) is 0 Å². The number of benzene rings is 1. The molecule has 1 heterocycles. The second-order valence-corrected chi connectivity index (χ2v) is 5.36. The SMILES string of the molecule is C=C(CC)c1cc2c(cc1N)N(C)C(=O)C21CC1. The van der Waals surface area contributed by atoms with Crippen molar-refractivity contribution in [1.82, 2.24) is 0 Å². The van der Waals surface area contributed by atoms with E-state index in [2.05, 4.69) is 19.6 Å². The first-order valence-electron chi connectivity index (χ1n) is 6.41. The summed E-state index contributed by atoms with van der Waals surface area (Å²) < 4.78 is 0. The molecule has 1 aliphatic carbocycles. The van der Waals surface area contributed by atoms with Gasteiger partial charge in [-0.2, -0.15) is 0 Å². The number of nitrogens with two attached hydrogens (primary N) is 1. The summed E-state index contributed by atoms with van der Waals surface area (Å²) in [5.41, 5.74) is 10.7. The first-order chi connectivity index (χ1) is 8.51. The molecule has 3 heteroatoms. The molecule has 0 aromatic heterocycles. The second-order valence-electron chi connectivity index (χ2n) is 5.36. The van der Waals surface area contributed by atoms with Crippen molar-refractivity contribution < 1.29 is 4.79 Å². The molecule has 0 radical (unpaired) electrons. The average Bonchev–Trinajstić information content (AvgIpc) is 3.13. The van der Waals surface area contributed by atoms with E-state index in [1.54, 1.807) is 4.90 Å². The lowest BCUT2D eigenvalue weighted by Gasteiger charge is -2.13. The molecular weight excluding hydrogens is 224 g/mol. The van der Waals surface area contributed by atoms with Gasteiger partial charge in [0, 0.05) is 24.0 Å². The predicted octanol–water partition coefficient (Wildman–Crippen LogP) is 2.70. The Hall–Kier alpha value is -1.77. The molecule has 0 unspecified atom stereocenters. The molecule has 0 atom stereocenters. The molecule has 3 nitrogen and oxygen atoms in total. The normalized spacial score (nSPS) is 19.2. The van der Waals surface area contributed by atoms with Crippen LogP contribution in [0.3, 0.4) is 0 Å². The molecule has 1 aromatic carbocycles. The summed E-state index contributed by atoms with van der Waals surface area (Å²) in [6.45, 7) is 6.13. The van der Waals surface area contributed by atoms with Crippen molar-refractivity contribution >= 4 is 22.9 Å². The van der Waals surface area contributed by atoms with E-state index < -0.39 is 0 Å². The van der Waals surface area contributed by atoms with Crippen LogP contribution in [0, 0.1) is 0 Å². The lowest BCUT2D eigenvalue weighted by atomic mass is 9.92. The van der Waals surface area contributed by atoms with Crippen molar-refractivity contribution in [3.63, 3.8) is 0 Å². The average molecular weight is 242 g/mol. The van der Waals surface area contributed by atoms with Crippen LogP contribution in [0.4, 0.5) is 11.4 Å². The molecule has 0 bridgehead atoms. The van der Waals surface area contributed by atoms with E-state index >= 15 is 0 Å². The molecule has 1 spiro atoms. The van der Waals surface area contributed by atoms with E-state index in [4.69, 9.17) is 5.73 Å². The molecular formula is C15H18N2O. The Morgan fingerprint density at radius 3 is 2.72 bits per heavy atom. The highest BCUT2D eigenvalue weighted by atomic mass is 16.2. The number of carbonyl (C=O) groups is 1. The Labute approximate surface area is 107 Å². The summed E-state index contributed by atoms with van der Waals surface area (Å²) in [5, 5.41) is 0. The minimum absolute atomic E-state index is 0.219. The van der Waals surface area contributed by atoms with Gasteiger partial charge in [-0.1, -0.05) is 13.5 Å². The third-order valence-corrected chi connectivity index (χ3v) is 4.32.